The Hall–Kier alpha value is -1.86. The summed E-state index contributed by atoms with van der Waals surface area (Å²) in [7, 11) is -2.65. The summed E-state index contributed by atoms with van der Waals surface area (Å²) in [6.45, 7) is 1.41. The summed E-state index contributed by atoms with van der Waals surface area (Å²) < 4.78 is 35.3. The zero-order valence-electron chi connectivity index (χ0n) is 11.9. The maximum Gasteiger partial charge on any atom is 0.340 e. The van der Waals surface area contributed by atoms with Gasteiger partial charge >= 0.3 is 10.1 Å². The molecule has 0 aliphatic rings. The lowest BCUT2D eigenvalue weighted by Gasteiger charge is -2.12. The molecule has 2 aromatic carbocycles. The van der Waals surface area contributed by atoms with Gasteiger partial charge in [-0.3, -0.25) is 4.79 Å². The molecule has 0 bridgehead atoms. The van der Waals surface area contributed by atoms with Crippen molar-refractivity contribution in [2.24, 2.45) is 0 Å². The highest BCUT2D eigenvalue weighted by atomic mass is 79.9. The highest BCUT2D eigenvalue weighted by Gasteiger charge is 2.22. The van der Waals surface area contributed by atoms with E-state index in [1.54, 1.807) is 18.2 Å². The molecule has 2 rings (SSSR count). The molecule has 116 valence electrons. The number of carbonyl (C=O) groups excluding carboxylic acids is 1. The molecule has 0 saturated carbocycles. The van der Waals surface area contributed by atoms with Crippen LogP contribution in [0.1, 0.15) is 17.3 Å². The second-order valence-corrected chi connectivity index (χ2v) is 6.76. The Balaban J connectivity index is 2.42. The van der Waals surface area contributed by atoms with Gasteiger partial charge in [0.1, 0.15) is 4.90 Å². The smallest absolute Gasteiger partial charge is 0.340 e. The average Bonchev–Trinajstić information content (AvgIpc) is 2.47. The quantitative estimate of drug-likeness (QED) is 0.583. The first-order valence-electron chi connectivity index (χ1n) is 6.23. The van der Waals surface area contributed by atoms with Crippen LogP contribution in [-0.2, 0) is 10.1 Å². The summed E-state index contributed by atoms with van der Waals surface area (Å²) in [5.74, 6) is 0.0325. The van der Waals surface area contributed by atoms with Gasteiger partial charge < -0.3 is 8.92 Å². The van der Waals surface area contributed by atoms with Crippen molar-refractivity contribution < 1.29 is 22.1 Å². The summed E-state index contributed by atoms with van der Waals surface area (Å²) in [4.78, 5) is 11.4. The third-order valence-corrected chi connectivity index (χ3v) is 5.12. The number of carbonyl (C=O) groups is 1. The molecule has 7 heteroatoms. The van der Waals surface area contributed by atoms with E-state index in [1.807, 2.05) is 0 Å². The Bertz CT molecular complexity index is 814. The van der Waals surface area contributed by atoms with Gasteiger partial charge in [-0.15, -0.1) is 0 Å². The molecule has 0 fully saturated rings. The van der Waals surface area contributed by atoms with E-state index >= 15 is 0 Å². The molecule has 0 aromatic heterocycles. The van der Waals surface area contributed by atoms with Crippen molar-refractivity contribution in [3.05, 3.63) is 52.5 Å². The first-order valence-corrected chi connectivity index (χ1v) is 8.43. The lowest BCUT2D eigenvalue weighted by atomic mass is 10.1. The topological polar surface area (TPSA) is 69.7 Å². The zero-order valence-corrected chi connectivity index (χ0v) is 14.3. The molecule has 0 saturated heterocycles. The fourth-order valence-corrected chi connectivity index (χ4v) is 3.66. The Morgan fingerprint density at radius 2 is 1.77 bits per heavy atom. The molecule has 0 amide bonds. The van der Waals surface area contributed by atoms with E-state index in [0.29, 0.717) is 10.0 Å². The monoisotopic (exact) mass is 384 g/mol. The van der Waals surface area contributed by atoms with Crippen LogP contribution in [0.3, 0.4) is 0 Å². The second kappa shape index (κ2) is 6.50. The molecule has 0 heterocycles. The molecule has 0 atom stereocenters. The Morgan fingerprint density at radius 1 is 1.09 bits per heavy atom. The molecule has 0 unspecified atom stereocenters. The van der Waals surface area contributed by atoms with Crippen molar-refractivity contribution in [1.29, 1.82) is 0 Å². The van der Waals surface area contributed by atoms with E-state index in [9.17, 15) is 13.2 Å². The third kappa shape index (κ3) is 3.48. The van der Waals surface area contributed by atoms with Crippen LogP contribution < -0.4 is 8.92 Å². The minimum Gasteiger partial charge on any atom is -0.493 e. The number of methoxy groups -OCH3 is 1. The van der Waals surface area contributed by atoms with Gasteiger partial charge in [0.05, 0.1) is 7.11 Å². The SMILES string of the molecule is COc1cc(C(C)=O)ccc1OS(=O)(=O)c1ccccc1Br. The van der Waals surface area contributed by atoms with Crippen LogP contribution in [-0.4, -0.2) is 21.3 Å². The van der Waals surface area contributed by atoms with Gasteiger partial charge in [0.2, 0.25) is 0 Å². The van der Waals surface area contributed by atoms with Crippen LogP contribution in [0.5, 0.6) is 11.5 Å². The predicted octanol–water partition coefficient (Wildman–Crippen LogP) is 3.43. The molecule has 0 spiro atoms. The summed E-state index contributed by atoms with van der Waals surface area (Å²) >= 11 is 3.18. The van der Waals surface area contributed by atoms with E-state index in [4.69, 9.17) is 8.92 Å². The number of hydrogen-bond donors (Lipinski definition) is 0. The number of halogens is 1. The number of Topliss-reactive ketones (excluding diaryl/α,β-unsaturated/α-hetero) is 1. The van der Waals surface area contributed by atoms with Gasteiger partial charge in [-0.25, -0.2) is 0 Å². The van der Waals surface area contributed by atoms with Crippen LogP contribution in [0.15, 0.2) is 51.8 Å². The molecule has 0 aliphatic carbocycles. The van der Waals surface area contributed by atoms with E-state index in [1.165, 1.54) is 38.3 Å². The molecule has 0 radical (unpaired) electrons. The minimum atomic E-state index is -4.02. The van der Waals surface area contributed by atoms with E-state index in [2.05, 4.69) is 15.9 Å². The van der Waals surface area contributed by atoms with Crippen molar-refractivity contribution in [2.75, 3.05) is 7.11 Å². The molecular formula is C15H13BrO5S. The van der Waals surface area contributed by atoms with Gasteiger partial charge in [-0.1, -0.05) is 12.1 Å². The highest BCUT2D eigenvalue weighted by molar-refractivity contribution is 9.10. The minimum absolute atomic E-state index is 0.00713. The van der Waals surface area contributed by atoms with Gasteiger partial charge in [-0.05, 0) is 53.2 Å². The number of rotatable bonds is 5. The van der Waals surface area contributed by atoms with E-state index in [0.717, 1.165) is 0 Å². The highest BCUT2D eigenvalue weighted by Crippen LogP contribution is 2.32. The summed E-state index contributed by atoms with van der Waals surface area (Å²) in [6.07, 6.45) is 0. The van der Waals surface area contributed by atoms with Crippen molar-refractivity contribution >= 4 is 31.8 Å². The van der Waals surface area contributed by atoms with E-state index < -0.39 is 10.1 Å². The van der Waals surface area contributed by atoms with Crippen LogP contribution in [0.4, 0.5) is 0 Å². The lowest BCUT2D eigenvalue weighted by Crippen LogP contribution is -2.11. The van der Waals surface area contributed by atoms with Crippen molar-refractivity contribution in [1.82, 2.24) is 0 Å². The maximum atomic E-state index is 12.3. The van der Waals surface area contributed by atoms with Gasteiger partial charge in [-0.2, -0.15) is 8.42 Å². The first-order chi connectivity index (χ1) is 10.3. The van der Waals surface area contributed by atoms with Gasteiger partial charge in [0.25, 0.3) is 0 Å². The fourth-order valence-electron chi connectivity index (χ4n) is 1.77. The van der Waals surface area contributed by atoms with Crippen LogP contribution in [0.25, 0.3) is 0 Å². The predicted molar refractivity (Wildman–Crippen MR) is 85.0 cm³/mol. The van der Waals surface area contributed by atoms with Gasteiger partial charge in [0, 0.05) is 10.0 Å². The number of benzene rings is 2. The Labute approximate surface area is 137 Å². The fraction of sp³-hybridized carbons (Fsp3) is 0.133. The average molecular weight is 385 g/mol. The molecule has 22 heavy (non-hydrogen) atoms. The third-order valence-electron chi connectivity index (χ3n) is 2.88. The van der Waals surface area contributed by atoms with Crippen LogP contribution in [0, 0.1) is 0 Å². The second-order valence-electron chi connectivity index (χ2n) is 4.39. The summed E-state index contributed by atoms with van der Waals surface area (Å²) in [6, 6.07) is 10.6. The molecule has 5 nitrogen and oxygen atoms in total. The Kier molecular flexibility index (Phi) is 4.87. The molecule has 0 N–H and O–H groups in total. The van der Waals surface area contributed by atoms with Crippen molar-refractivity contribution in [2.45, 2.75) is 11.8 Å². The number of ether oxygens (including phenoxy) is 1. The zero-order chi connectivity index (χ0) is 16.3. The lowest BCUT2D eigenvalue weighted by molar-refractivity contribution is 0.101. The van der Waals surface area contributed by atoms with E-state index in [-0.39, 0.29) is 22.2 Å². The van der Waals surface area contributed by atoms with Gasteiger partial charge in [0.15, 0.2) is 17.3 Å². The molecular weight excluding hydrogens is 372 g/mol. The standard InChI is InChI=1S/C15H13BrO5S/c1-10(17)11-7-8-13(14(9-11)20-2)21-22(18,19)15-6-4-3-5-12(15)16/h3-9H,1-2H3. The Morgan fingerprint density at radius 3 is 2.36 bits per heavy atom. The van der Waals surface area contributed by atoms with Crippen LogP contribution >= 0.6 is 15.9 Å². The molecule has 2 aromatic rings. The summed E-state index contributed by atoms with van der Waals surface area (Å²) in [5.41, 5.74) is 0.405. The van der Waals surface area contributed by atoms with Crippen molar-refractivity contribution in [3.8, 4) is 11.5 Å². The maximum absolute atomic E-state index is 12.3. The summed E-state index contributed by atoms with van der Waals surface area (Å²) in [5, 5.41) is 0. The molecule has 0 aliphatic heterocycles. The largest absolute Gasteiger partial charge is 0.493 e. The van der Waals surface area contributed by atoms with Crippen LogP contribution in [0.2, 0.25) is 0 Å². The normalized spacial score (nSPS) is 11.0. The first kappa shape index (κ1) is 16.5. The van der Waals surface area contributed by atoms with Crippen molar-refractivity contribution in [3.63, 3.8) is 0 Å². The number of ketones is 1. The number of hydrogen-bond acceptors (Lipinski definition) is 5.